The highest BCUT2D eigenvalue weighted by Crippen LogP contribution is 2.41. The van der Waals surface area contributed by atoms with Crippen LogP contribution in [0.3, 0.4) is 0 Å². The number of benzene rings is 2. The van der Waals surface area contributed by atoms with E-state index in [-0.39, 0.29) is 45.1 Å². The maximum atomic E-state index is 14.7. The molecule has 0 saturated carbocycles. The Balaban J connectivity index is 1.72. The van der Waals surface area contributed by atoms with Crippen LogP contribution < -0.4 is 0 Å². The first-order chi connectivity index (χ1) is 22.3. The second-order valence-electron chi connectivity index (χ2n) is 12.4. The minimum Gasteiger partial charge on any atom is -0.407 e. The molecule has 0 saturated heterocycles. The van der Waals surface area contributed by atoms with Crippen LogP contribution in [0, 0.1) is 0 Å². The van der Waals surface area contributed by atoms with Gasteiger partial charge in [0, 0.05) is 23.5 Å². The number of pyridine rings is 1. The Kier molecular flexibility index (Phi) is 9.18. The molecule has 3 aromatic heterocycles. The van der Waals surface area contributed by atoms with Gasteiger partial charge < -0.3 is 8.95 Å². The third-order valence-corrected chi connectivity index (χ3v) is 8.51. The Bertz CT molecular complexity index is 1940. The van der Waals surface area contributed by atoms with Crippen LogP contribution in [0.5, 0.6) is 0 Å². The smallest absolute Gasteiger partial charge is 0.407 e. The zero-order valence-electron chi connectivity index (χ0n) is 26.2. The van der Waals surface area contributed by atoms with E-state index in [1.165, 1.54) is 24.5 Å². The van der Waals surface area contributed by atoms with Gasteiger partial charge in [0.2, 0.25) is 5.78 Å². The van der Waals surface area contributed by atoms with E-state index in [9.17, 15) is 31.1 Å². The lowest BCUT2D eigenvalue weighted by Gasteiger charge is -2.31. The van der Waals surface area contributed by atoms with Crippen molar-refractivity contribution in [2.75, 3.05) is 0 Å². The molecule has 48 heavy (non-hydrogen) atoms. The van der Waals surface area contributed by atoms with Crippen LogP contribution in [0.15, 0.2) is 71.5 Å². The maximum absolute atomic E-state index is 14.7. The van der Waals surface area contributed by atoms with Crippen molar-refractivity contribution in [1.82, 2.24) is 25.1 Å². The molecule has 2 aromatic carbocycles. The van der Waals surface area contributed by atoms with Crippen molar-refractivity contribution in [3.8, 4) is 22.6 Å². The number of hydrogen-bond acceptors (Lipinski definition) is 7. The fourth-order valence-electron chi connectivity index (χ4n) is 5.33. The lowest BCUT2D eigenvalue weighted by molar-refractivity contribution is -0.143. The fourth-order valence-corrected chi connectivity index (χ4v) is 7.18. The van der Waals surface area contributed by atoms with Crippen LogP contribution in [0.4, 0.5) is 26.3 Å². The number of rotatable bonds is 9. The van der Waals surface area contributed by atoms with E-state index in [0.29, 0.717) is 23.3 Å². The topological polar surface area (TPSA) is 95.9 Å². The first-order valence-electron chi connectivity index (χ1n) is 14.4. The minimum absolute atomic E-state index is 0.00884. The standard InChI is InChI=1S/C32H28ClF6N5O3Si/c1-30(2,47-48(3,4)5)29-24(28(46-42-29)22-8-6-7-9-23(22)33)27(45)25-26(19-10-12-40-13-11-19)44(43-41-25)17-18-14-20(31(34,35)36)16-21(15-18)32(37,38)39/h6-16H,17H2,1-5H3. The van der Waals surface area contributed by atoms with E-state index in [1.807, 2.05) is 19.6 Å². The largest absolute Gasteiger partial charge is 0.416 e. The van der Waals surface area contributed by atoms with E-state index in [2.05, 4.69) is 20.5 Å². The van der Waals surface area contributed by atoms with Crippen LogP contribution in [-0.4, -0.2) is 39.2 Å². The van der Waals surface area contributed by atoms with Crippen molar-refractivity contribution >= 4 is 25.7 Å². The summed E-state index contributed by atoms with van der Waals surface area (Å²) in [6.07, 6.45) is -7.31. The predicted molar refractivity (Wildman–Crippen MR) is 167 cm³/mol. The molecule has 0 unspecified atom stereocenters. The number of carbonyl (C=O) groups is 1. The van der Waals surface area contributed by atoms with Gasteiger partial charge in [0.05, 0.1) is 33.9 Å². The van der Waals surface area contributed by atoms with Crippen LogP contribution in [-0.2, 0) is 28.9 Å². The van der Waals surface area contributed by atoms with Crippen molar-refractivity contribution in [2.45, 2.75) is 58.0 Å². The molecule has 0 fully saturated rings. The van der Waals surface area contributed by atoms with Gasteiger partial charge in [0.25, 0.3) is 0 Å². The summed E-state index contributed by atoms with van der Waals surface area (Å²) in [6.45, 7) is 8.72. The molecule has 0 aliphatic rings. The SMILES string of the molecule is CC(C)(O[Si](C)(C)C)c1noc(-c2ccccc2Cl)c1C(=O)c1nnn(Cc2cc(C(F)(F)F)cc(C(F)(F)F)c2)c1-c1ccncc1. The molecular weight excluding hydrogens is 680 g/mol. The molecule has 3 heterocycles. The van der Waals surface area contributed by atoms with Gasteiger partial charge in [-0.1, -0.05) is 34.1 Å². The molecule has 0 spiro atoms. The molecule has 0 bridgehead atoms. The van der Waals surface area contributed by atoms with Crippen LogP contribution in [0.2, 0.25) is 24.7 Å². The summed E-state index contributed by atoms with van der Waals surface area (Å²) < 4.78 is 95.1. The lowest BCUT2D eigenvalue weighted by Crippen LogP contribution is -2.37. The first kappa shape index (κ1) is 35.0. The molecule has 0 radical (unpaired) electrons. The Morgan fingerprint density at radius 2 is 1.54 bits per heavy atom. The highest BCUT2D eigenvalue weighted by Gasteiger charge is 2.41. The fraction of sp³-hybridized carbons (Fsp3) is 0.281. The first-order valence-corrected chi connectivity index (χ1v) is 18.2. The van der Waals surface area contributed by atoms with Gasteiger partial charge in [-0.2, -0.15) is 26.3 Å². The number of nitrogens with zero attached hydrogens (tertiary/aromatic N) is 5. The summed E-state index contributed by atoms with van der Waals surface area (Å²) in [5.74, 6) is -0.734. The summed E-state index contributed by atoms with van der Waals surface area (Å²) in [5.41, 5.74) is -4.03. The molecular formula is C32H28ClF6N5O3Si. The molecule has 5 aromatic rings. The average molecular weight is 708 g/mol. The molecule has 0 amide bonds. The minimum atomic E-state index is -5.06. The number of aromatic nitrogens is 5. The van der Waals surface area contributed by atoms with Gasteiger partial charge >= 0.3 is 12.4 Å². The summed E-state index contributed by atoms with van der Waals surface area (Å²) in [5, 5.41) is 12.6. The zero-order valence-corrected chi connectivity index (χ0v) is 27.9. The summed E-state index contributed by atoms with van der Waals surface area (Å²) >= 11 is 6.50. The van der Waals surface area contributed by atoms with Gasteiger partial charge in [0.15, 0.2) is 19.8 Å². The molecule has 0 aliphatic carbocycles. The molecule has 16 heteroatoms. The van der Waals surface area contributed by atoms with Crippen LogP contribution in [0.25, 0.3) is 22.6 Å². The van der Waals surface area contributed by atoms with Crippen molar-refractivity contribution in [3.05, 3.63) is 106 Å². The number of carbonyl (C=O) groups excluding carboxylic acids is 1. The van der Waals surface area contributed by atoms with Crippen molar-refractivity contribution in [2.24, 2.45) is 0 Å². The third kappa shape index (κ3) is 7.37. The second kappa shape index (κ2) is 12.6. The third-order valence-electron chi connectivity index (χ3n) is 7.05. The second-order valence-corrected chi connectivity index (χ2v) is 17.2. The highest BCUT2D eigenvalue weighted by atomic mass is 35.5. The lowest BCUT2D eigenvalue weighted by atomic mass is 9.92. The van der Waals surface area contributed by atoms with E-state index in [4.69, 9.17) is 20.6 Å². The highest BCUT2D eigenvalue weighted by molar-refractivity contribution is 6.69. The molecule has 0 aliphatic heterocycles. The predicted octanol–water partition coefficient (Wildman–Crippen LogP) is 9.05. The molecule has 5 rings (SSSR count). The Morgan fingerprint density at radius 3 is 2.10 bits per heavy atom. The average Bonchev–Trinajstić information content (AvgIpc) is 3.61. The van der Waals surface area contributed by atoms with E-state index >= 15 is 0 Å². The number of alkyl halides is 6. The summed E-state index contributed by atoms with van der Waals surface area (Å²) in [6, 6.07) is 10.8. The Labute approximate surface area is 276 Å². The van der Waals surface area contributed by atoms with Gasteiger partial charge in [-0.05, 0) is 81.5 Å². The number of hydrogen-bond donors (Lipinski definition) is 0. The Morgan fingerprint density at radius 1 is 0.938 bits per heavy atom. The molecule has 252 valence electrons. The van der Waals surface area contributed by atoms with Crippen LogP contribution >= 0.6 is 11.6 Å². The molecule has 0 N–H and O–H groups in total. The molecule has 0 atom stereocenters. The van der Waals surface area contributed by atoms with Crippen molar-refractivity contribution in [1.29, 1.82) is 0 Å². The monoisotopic (exact) mass is 707 g/mol. The van der Waals surface area contributed by atoms with Gasteiger partial charge in [-0.15, -0.1) is 5.10 Å². The van der Waals surface area contributed by atoms with E-state index < -0.39 is 49.7 Å². The van der Waals surface area contributed by atoms with E-state index in [1.54, 1.807) is 38.1 Å². The van der Waals surface area contributed by atoms with Gasteiger partial charge in [-0.25, -0.2) is 4.68 Å². The number of halogens is 7. The summed E-state index contributed by atoms with van der Waals surface area (Å²) in [4.78, 5) is 18.6. The van der Waals surface area contributed by atoms with Crippen molar-refractivity contribution < 1.29 is 40.1 Å². The quantitative estimate of drug-likeness (QED) is 0.0857. The van der Waals surface area contributed by atoms with E-state index in [0.717, 1.165) is 4.68 Å². The van der Waals surface area contributed by atoms with Crippen LogP contribution in [0.1, 0.15) is 52.3 Å². The maximum Gasteiger partial charge on any atom is 0.416 e. The Hall–Kier alpha value is -4.34. The molecule has 8 nitrogen and oxygen atoms in total. The normalized spacial score (nSPS) is 12.8. The number of ketones is 1. The van der Waals surface area contributed by atoms with Gasteiger partial charge in [-0.3, -0.25) is 9.78 Å². The van der Waals surface area contributed by atoms with Crippen molar-refractivity contribution in [3.63, 3.8) is 0 Å². The zero-order chi connectivity index (χ0) is 35.2. The van der Waals surface area contributed by atoms with Gasteiger partial charge in [0.1, 0.15) is 11.4 Å². The summed E-state index contributed by atoms with van der Waals surface area (Å²) in [7, 11) is -2.25.